The van der Waals surface area contributed by atoms with Crippen LogP contribution in [0.25, 0.3) is 10.4 Å². The monoisotopic (exact) mass is 522 g/mol. The number of fused-ring (bicyclic) bond motifs is 3. The Hall–Kier alpha value is -3.07. The van der Waals surface area contributed by atoms with Crippen LogP contribution in [0.5, 0.6) is 5.75 Å². The van der Waals surface area contributed by atoms with E-state index in [2.05, 4.69) is 10.6 Å². The zero-order chi connectivity index (χ0) is 26.2. The molecule has 2 aliphatic rings. The molecule has 194 valence electrons. The van der Waals surface area contributed by atoms with Crippen LogP contribution in [0, 0.1) is 0 Å². The third kappa shape index (κ3) is 5.07. The Morgan fingerprint density at radius 3 is 2.67 bits per heavy atom. The van der Waals surface area contributed by atoms with E-state index in [1.54, 1.807) is 6.07 Å². The fourth-order valence-corrected chi connectivity index (χ4v) is 5.36. The molecule has 2 aromatic rings. The van der Waals surface area contributed by atoms with Gasteiger partial charge < -0.3 is 45.6 Å². The third-order valence-corrected chi connectivity index (χ3v) is 7.25. The average molecular weight is 523 g/mol. The summed E-state index contributed by atoms with van der Waals surface area (Å²) in [7, 11) is 0. The first-order chi connectivity index (χ1) is 17.0. The molecule has 0 saturated carbocycles. The van der Waals surface area contributed by atoms with Crippen LogP contribution >= 0.6 is 11.3 Å². The van der Waals surface area contributed by atoms with E-state index < -0.39 is 67.0 Å². The lowest BCUT2D eigenvalue weighted by molar-refractivity contribution is -0.294. The van der Waals surface area contributed by atoms with E-state index in [0.717, 1.165) is 22.9 Å². The summed E-state index contributed by atoms with van der Waals surface area (Å²) in [5, 5.41) is 55.9. The Labute approximate surface area is 209 Å². The summed E-state index contributed by atoms with van der Waals surface area (Å²) in [6.45, 7) is 0.967. The van der Waals surface area contributed by atoms with Gasteiger partial charge in [-0.05, 0) is 18.2 Å². The number of ether oxygens (including phenoxy) is 2. The molecule has 0 bridgehead atoms. The first kappa shape index (κ1) is 26.0. The Bertz CT molecular complexity index is 1170. The fourth-order valence-electron chi connectivity index (χ4n) is 4.24. The molecule has 36 heavy (non-hydrogen) atoms. The Kier molecular flexibility index (Phi) is 7.31. The molecule has 0 spiro atoms. The van der Waals surface area contributed by atoms with Gasteiger partial charge >= 0.3 is 5.97 Å². The van der Waals surface area contributed by atoms with Crippen molar-refractivity contribution in [3.8, 4) is 16.2 Å². The van der Waals surface area contributed by atoms with Gasteiger partial charge in [-0.3, -0.25) is 9.59 Å². The summed E-state index contributed by atoms with van der Waals surface area (Å²) >= 11 is 1.24. The molecule has 3 heterocycles. The minimum atomic E-state index is -2.85. The number of hydrogen-bond donors (Lipinski definition) is 7. The van der Waals surface area contributed by atoms with Gasteiger partial charge in [-0.15, -0.1) is 11.3 Å². The first-order valence-electron chi connectivity index (χ1n) is 11.1. The molecule has 1 fully saturated rings. The van der Waals surface area contributed by atoms with Crippen molar-refractivity contribution < 1.29 is 49.4 Å². The van der Waals surface area contributed by atoms with Crippen molar-refractivity contribution in [3.05, 3.63) is 40.8 Å². The number of carbonyl (C=O) groups is 3. The topological polar surface area (TPSA) is 195 Å². The quantitative estimate of drug-likeness (QED) is 0.242. The maximum absolute atomic E-state index is 12.8. The van der Waals surface area contributed by atoms with Gasteiger partial charge in [-0.1, -0.05) is 12.1 Å². The molecule has 0 aliphatic carbocycles. The molecule has 1 aromatic heterocycles. The van der Waals surface area contributed by atoms with Crippen molar-refractivity contribution in [3.63, 3.8) is 0 Å². The second-order valence-corrected chi connectivity index (χ2v) is 9.74. The fraction of sp³-hybridized carbons (Fsp3) is 0.435. The van der Waals surface area contributed by atoms with Crippen molar-refractivity contribution in [2.45, 2.75) is 56.2 Å². The van der Waals surface area contributed by atoms with E-state index >= 15 is 0 Å². The lowest BCUT2D eigenvalue weighted by atomic mass is 9.88. The van der Waals surface area contributed by atoms with Crippen LogP contribution in [-0.2, 0) is 20.9 Å². The number of thiophene rings is 1. The van der Waals surface area contributed by atoms with Gasteiger partial charge in [0.25, 0.3) is 11.7 Å². The van der Waals surface area contributed by atoms with Crippen LogP contribution in [-0.4, -0.2) is 86.1 Å². The minimum absolute atomic E-state index is 0.301. The van der Waals surface area contributed by atoms with Crippen LogP contribution in [0.4, 0.5) is 0 Å². The predicted octanol–water partition coefficient (Wildman–Crippen LogP) is -0.813. The zero-order valence-corrected chi connectivity index (χ0v) is 19.9. The molecule has 4 rings (SSSR count). The number of nitrogens with one attached hydrogen (secondary N) is 2. The number of aliphatic carboxylic acids is 1. The van der Waals surface area contributed by atoms with Crippen molar-refractivity contribution in [2.24, 2.45) is 0 Å². The number of carboxylic acids is 1. The molecular formula is C23H26N2O10S. The lowest BCUT2D eigenvalue weighted by Crippen LogP contribution is -2.67. The minimum Gasteiger partial charge on any atom is -0.488 e. The molecule has 2 amide bonds. The Balaban J connectivity index is 1.45. The van der Waals surface area contributed by atoms with Gasteiger partial charge in [0.1, 0.15) is 24.6 Å². The highest BCUT2D eigenvalue weighted by Gasteiger charge is 2.53. The summed E-state index contributed by atoms with van der Waals surface area (Å²) in [5.41, 5.74) is 1.70. The summed E-state index contributed by atoms with van der Waals surface area (Å²) in [6.07, 6.45) is -7.67. The van der Waals surface area contributed by atoms with Gasteiger partial charge in [0.2, 0.25) is 5.91 Å². The number of aliphatic hydroxyl groups is 4. The maximum atomic E-state index is 12.8. The highest BCUT2D eigenvalue weighted by Crippen LogP contribution is 2.42. The Morgan fingerprint density at radius 1 is 1.25 bits per heavy atom. The van der Waals surface area contributed by atoms with Gasteiger partial charge in [-0.2, -0.15) is 0 Å². The highest BCUT2D eigenvalue weighted by atomic mass is 32.1. The van der Waals surface area contributed by atoms with Crippen LogP contribution in [0.2, 0.25) is 0 Å². The highest BCUT2D eigenvalue weighted by molar-refractivity contribution is 7.17. The number of carbonyl (C=O) groups excluding carboxylic acids is 2. The van der Waals surface area contributed by atoms with E-state index in [1.807, 2.05) is 24.3 Å². The molecule has 6 atom stereocenters. The molecular weight excluding hydrogens is 496 g/mol. The lowest BCUT2D eigenvalue weighted by Gasteiger charge is -2.44. The second kappa shape index (κ2) is 10.1. The maximum Gasteiger partial charge on any atom is 0.364 e. The van der Waals surface area contributed by atoms with Gasteiger partial charge in [-0.25, -0.2) is 4.79 Å². The summed E-state index contributed by atoms with van der Waals surface area (Å²) in [4.78, 5) is 37.0. The molecule has 7 N–H and O–H groups in total. The smallest absolute Gasteiger partial charge is 0.364 e. The molecule has 0 unspecified atom stereocenters. The molecule has 13 heteroatoms. The van der Waals surface area contributed by atoms with Gasteiger partial charge in [0, 0.05) is 35.9 Å². The van der Waals surface area contributed by atoms with E-state index in [4.69, 9.17) is 9.47 Å². The van der Waals surface area contributed by atoms with Crippen molar-refractivity contribution in [1.29, 1.82) is 0 Å². The number of hydrogen-bond acceptors (Lipinski definition) is 10. The molecule has 1 saturated heterocycles. The predicted molar refractivity (Wildman–Crippen MR) is 124 cm³/mol. The van der Waals surface area contributed by atoms with E-state index in [9.17, 15) is 39.9 Å². The van der Waals surface area contributed by atoms with Crippen LogP contribution < -0.4 is 15.4 Å². The normalized spacial score (nSPS) is 26.5. The van der Waals surface area contributed by atoms with Gasteiger partial charge in [0.15, 0.2) is 0 Å². The number of amides is 2. The number of aliphatic hydroxyl groups excluding tert-OH is 3. The Morgan fingerprint density at radius 2 is 1.97 bits per heavy atom. The standard InChI is InChI=1S/C23H26N2O10S/c1-10(26)25-17-13(27)7-23(33,22(31)32)35-19(17)18(29)14(28)8-24-21(30)16-6-11-9-34-15-5-3-2-4-12(15)20(11)36-16/h2-6,13-14,17-19,27-29,33H,7-9H2,1H3,(H,24,30)(H,25,26)(H,31,32)/t13-,14+,17+,18+,19+,23+/m0/s1. The van der Waals surface area contributed by atoms with E-state index in [0.29, 0.717) is 17.2 Å². The van der Waals surface area contributed by atoms with Gasteiger partial charge in [0.05, 0.1) is 23.1 Å². The van der Waals surface area contributed by atoms with Crippen LogP contribution in [0.3, 0.4) is 0 Å². The van der Waals surface area contributed by atoms with Crippen molar-refractivity contribution >= 4 is 29.1 Å². The first-order valence-corrected chi connectivity index (χ1v) is 11.9. The molecule has 12 nitrogen and oxygen atoms in total. The number of rotatable bonds is 7. The summed E-state index contributed by atoms with van der Waals surface area (Å²) in [6, 6.07) is 7.77. The second-order valence-electron chi connectivity index (χ2n) is 8.69. The zero-order valence-electron chi connectivity index (χ0n) is 19.1. The number of para-hydroxylation sites is 1. The van der Waals surface area contributed by atoms with E-state index in [-0.39, 0.29) is 0 Å². The molecule has 2 aliphatic heterocycles. The summed E-state index contributed by atoms with van der Waals surface area (Å²) < 4.78 is 10.8. The van der Waals surface area contributed by atoms with Crippen molar-refractivity contribution in [1.82, 2.24) is 10.6 Å². The largest absolute Gasteiger partial charge is 0.488 e. The van der Waals surface area contributed by atoms with E-state index in [1.165, 1.54) is 11.3 Å². The average Bonchev–Trinajstić information content (AvgIpc) is 3.28. The van der Waals surface area contributed by atoms with Crippen LogP contribution in [0.15, 0.2) is 30.3 Å². The number of benzene rings is 1. The third-order valence-electron chi connectivity index (χ3n) is 6.04. The summed E-state index contributed by atoms with van der Waals surface area (Å²) in [5.74, 6) is -5.09. The SMILES string of the molecule is CC(=O)N[C@H]1[C@H]([C@H](O)[C@H](O)CNC(=O)c2cc3c(s2)-c2ccccc2OC3)O[C@@](O)(C(=O)O)C[C@@H]1O. The van der Waals surface area contributed by atoms with Crippen molar-refractivity contribution in [2.75, 3.05) is 6.54 Å². The van der Waals surface area contributed by atoms with Crippen LogP contribution in [0.1, 0.15) is 28.6 Å². The number of carboxylic acid groups (broad SMARTS) is 1. The molecule has 1 aromatic carbocycles. The molecule has 0 radical (unpaired) electrons.